The van der Waals surface area contributed by atoms with E-state index in [0.29, 0.717) is 42.9 Å². The van der Waals surface area contributed by atoms with Crippen LogP contribution in [-0.4, -0.2) is 57.0 Å². The van der Waals surface area contributed by atoms with Gasteiger partial charge in [-0.05, 0) is 31.2 Å². The third kappa shape index (κ3) is 4.48. The van der Waals surface area contributed by atoms with Crippen LogP contribution in [0, 0.1) is 6.92 Å². The maximum absolute atomic E-state index is 13.0. The van der Waals surface area contributed by atoms with Gasteiger partial charge in [-0.1, -0.05) is 47.1 Å². The molecule has 35 heavy (non-hydrogen) atoms. The molecule has 3 aromatic heterocycles. The van der Waals surface area contributed by atoms with E-state index in [-0.39, 0.29) is 5.91 Å². The number of aryl methyl sites for hydroxylation is 1. The van der Waals surface area contributed by atoms with Crippen LogP contribution < -0.4 is 0 Å². The molecule has 0 saturated carbocycles. The second kappa shape index (κ2) is 9.09. The molecule has 1 saturated heterocycles. The van der Waals surface area contributed by atoms with E-state index in [1.807, 2.05) is 66.4 Å². The zero-order chi connectivity index (χ0) is 23.8. The Hall–Kier alpha value is -3.82. The average molecular weight is 486 g/mol. The lowest BCUT2D eigenvalue weighted by atomic mass is 10.1. The van der Waals surface area contributed by atoms with Gasteiger partial charge in [0.2, 0.25) is 11.7 Å². The number of rotatable bonds is 5. The molecule has 4 heterocycles. The van der Waals surface area contributed by atoms with Crippen molar-refractivity contribution in [2.75, 3.05) is 26.2 Å². The van der Waals surface area contributed by atoms with Crippen molar-refractivity contribution in [1.82, 2.24) is 24.9 Å². The van der Waals surface area contributed by atoms with Crippen molar-refractivity contribution in [2.45, 2.75) is 13.5 Å². The fourth-order valence-corrected chi connectivity index (χ4v) is 5.07. The zero-order valence-corrected chi connectivity index (χ0v) is 20.0. The minimum atomic E-state index is -0.101. The molecule has 0 aliphatic carbocycles. The van der Waals surface area contributed by atoms with Gasteiger partial charge in [0.05, 0.1) is 16.8 Å². The summed E-state index contributed by atoms with van der Waals surface area (Å²) in [7, 11) is 0. The third-order valence-electron chi connectivity index (χ3n) is 6.12. The minimum Gasteiger partial charge on any atom is -0.448 e. The van der Waals surface area contributed by atoms with Crippen LogP contribution in [0.5, 0.6) is 0 Å². The molecule has 1 amide bonds. The molecule has 2 aromatic carbocycles. The number of piperazine rings is 1. The topological polar surface area (TPSA) is 88.5 Å². The molecule has 1 aliphatic rings. The van der Waals surface area contributed by atoms with E-state index >= 15 is 0 Å². The summed E-state index contributed by atoms with van der Waals surface area (Å²) in [6.07, 6.45) is 0. The van der Waals surface area contributed by atoms with Gasteiger partial charge in [0.15, 0.2) is 16.5 Å². The van der Waals surface area contributed by atoms with Crippen LogP contribution in [0.3, 0.4) is 0 Å². The summed E-state index contributed by atoms with van der Waals surface area (Å²) in [4.78, 5) is 26.2. The van der Waals surface area contributed by atoms with Crippen molar-refractivity contribution >= 4 is 27.5 Å². The van der Waals surface area contributed by atoms with Gasteiger partial charge in [-0.25, -0.2) is 4.98 Å². The van der Waals surface area contributed by atoms with Crippen molar-refractivity contribution in [2.24, 2.45) is 0 Å². The quantitative estimate of drug-likeness (QED) is 0.351. The molecule has 0 spiro atoms. The summed E-state index contributed by atoms with van der Waals surface area (Å²) in [6.45, 7) is 5.26. The van der Waals surface area contributed by atoms with Crippen molar-refractivity contribution in [1.29, 1.82) is 0 Å². The van der Waals surface area contributed by atoms with Crippen LogP contribution in [-0.2, 0) is 6.54 Å². The number of hydrogen-bond acceptors (Lipinski definition) is 8. The molecule has 5 aromatic rings. The Kier molecular flexibility index (Phi) is 5.63. The monoisotopic (exact) mass is 485 g/mol. The normalized spacial score (nSPS) is 14.6. The van der Waals surface area contributed by atoms with Gasteiger partial charge in [0.1, 0.15) is 0 Å². The molecular formula is C26H23N5O3S. The number of fused-ring (bicyclic) bond motifs is 1. The van der Waals surface area contributed by atoms with Gasteiger partial charge in [-0.15, -0.1) is 11.3 Å². The Labute approximate surface area is 205 Å². The Morgan fingerprint density at radius 1 is 0.971 bits per heavy atom. The number of furan rings is 1. The summed E-state index contributed by atoms with van der Waals surface area (Å²) < 4.78 is 12.5. The fourth-order valence-electron chi connectivity index (χ4n) is 4.14. The fraction of sp³-hybridized carbons (Fsp3) is 0.231. The summed E-state index contributed by atoms with van der Waals surface area (Å²) in [5, 5.41) is 4.89. The highest BCUT2D eigenvalue weighted by Crippen LogP contribution is 2.31. The molecule has 1 fully saturated rings. The van der Waals surface area contributed by atoms with Crippen molar-refractivity contribution < 1.29 is 13.7 Å². The molecule has 9 heteroatoms. The van der Waals surface area contributed by atoms with Crippen LogP contribution in [0.4, 0.5) is 0 Å². The number of para-hydroxylation sites is 1. The maximum Gasteiger partial charge on any atom is 0.289 e. The summed E-state index contributed by atoms with van der Waals surface area (Å²) in [6, 6.07) is 19.6. The Morgan fingerprint density at radius 3 is 2.57 bits per heavy atom. The first-order valence-corrected chi connectivity index (χ1v) is 12.3. The van der Waals surface area contributed by atoms with E-state index < -0.39 is 0 Å². The number of amides is 1. The Bertz CT molecular complexity index is 1450. The molecular weight excluding hydrogens is 462 g/mol. The van der Waals surface area contributed by atoms with Crippen molar-refractivity contribution in [3.8, 4) is 22.2 Å². The summed E-state index contributed by atoms with van der Waals surface area (Å²) in [5.41, 5.74) is 3.05. The molecule has 176 valence electrons. The smallest absolute Gasteiger partial charge is 0.289 e. The van der Waals surface area contributed by atoms with Crippen molar-refractivity contribution in [3.63, 3.8) is 0 Å². The molecule has 0 bridgehead atoms. The maximum atomic E-state index is 13.0. The van der Waals surface area contributed by atoms with Crippen LogP contribution in [0.1, 0.15) is 22.0 Å². The second-order valence-electron chi connectivity index (χ2n) is 8.60. The van der Waals surface area contributed by atoms with E-state index in [9.17, 15) is 4.79 Å². The van der Waals surface area contributed by atoms with Crippen LogP contribution in [0.2, 0.25) is 0 Å². The Morgan fingerprint density at radius 2 is 1.77 bits per heavy atom. The number of benzene rings is 2. The highest BCUT2D eigenvalue weighted by atomic mass is 32.1. The minimum absolute atomic E-state index is 0.101. The van der Waals surface area contributed by atoms with Gasteiger partial charge in [0, 0.05) is 31.7 Å². The lowest BCUT2D eigenvalue weighted by Crippen LogP contribution is -2.48. The van der Waals surface area contributed by atoms with Crippen LogP contribution >= 0.6 is 11.3 Å². The zero-order valence-electron chi connectivity index (χ0n) is 19.2. The number of hydrogen-bond donors (Lipinski definition) is 0. The van der Waals surface area contributed by atoms with Gasteiger partial charge in [-0.2, -0.15) is 4.98 Å². The van der Waals surface area contributed by atoms with Gasteiger partial charge < -0.3 is 13.8 Å². The van der Waals surface area contributed by atoms with Crippen molar-refractivity contribution in [3.05, 3.63) is 77.9 Å². The number of carbonyl (C=O) groups is 1. The number of carbonyl (C=O) groups excluding carboxylic acids is 1. The highest BCUT2D eigenvalue weighted by Gasteiger charge is 2.26. The summed E-state index contributed by atoms with van der Waals surface area (Å²) >= 11 is 1.56. The first kappa shape index (κ1) is 21.7. The van der Waals surface area contributed by atoms with Gasteiger partial charge in [0.25, 0.3) is 5.91 Å². The number of aromatic nitrogens is 3. The van der Waals surface area contributed by atoms with E-state index in [2.05, 4.69) is 20.0 Å². The predicted molar refractivity (Wildman–Crippen MR) is 133 cm³/mol. The molecule has 0 radical (unpaired) electrons. The Balaban J connectivity index is 1.06. The largest absolute Gasteiger partial charge is 0.448 e. The molecule has 1 aliphatic heterocycles. The SMILES string of the molecule is Cc1ccc(-c2noc(CN3CCN(C(=O)c4ccc(-c5nc6ccccc6s5)o4)CC3)n2)cc1. The third-order valence-corrected chi connectivity index (χ3v) is 7.17. The van der Waals surface area contributed by atoms with E-state index in [1.54, 1.807) is 17.4 Å². The standard InChI is InChI=1S/C26H23N5O3S/c1-17-6-8-18(9-7-17)24-28-23(34-29-24)16-30-12-14-31(15-13-30)26(32)21-11-10-20(33-21)25-27-19-4-2-3-5-22(19)35-25/h2-11H,12-16H2,1H3. The van der Waals surface area contributed by atoms with E-state index in [4.69, 9.17) is 8.94 Å². The second-order valence-corrected chi connectivity index (χ2v) is 9.63. The average Bonchev–Trinajstić information content (AvgIpc) is 3.64. The first-order chi connectivity index (χ1) is 17.1. The lowest BCUT2D eigenvalue weighted by molar-refractivity contribution is 0.0586. The summed E-state index contributed by atoms with van der Waals surface area (Å²) in [5.74, 6) is 2.03. The van der Waals surface area contributed by atoms with Crippen LogP contribution in [0.25, 0.3) is 32.4 Å². The molecule has 0 N–H and O–H groups in total. The predicted octanol–water partition coefficient (Wildman–Crippen LogP) is 4.87. The first-order valence-electron chi connectivity index (χ1n) is 11.5. The number of thiazole rings is 1. The van der Waals surface area contributed by atoms with E-state index in [1.165, 1.54) is 5.56 Å². The molecule has 0 atom stereocenters. The number of nitrogens with zero attached hydrogens (tertiary/aromatic N) is 5. The van der Waals surface area contributed by atoms with Gasteiger partial charge in [-0.3, -0.25) is 9.69 Å². The molecule has 6 rings (SSSR count). The molecule has 8 nitrogen and oxygen atoms in total. The van der Waals surface area contributed by atoms with Gasteiger partial charge >= 0.3 is 0 Å². The van der Waals surface area contributed by atoms with E-state index in [0.717, 1.165) is 33.9 Å². The lowest BCUT2D eigenvalue weighted by Gasteiger charge is -2.33. The van der Waals surface area contributed by atoms with Crippen LogP contribution in [0.15, 0.2) is 69.6 Å². The highest BCUT2D eigenvalue weighted by molar-refractivity contribution is 7.21. The molecule has 0 unspecified atom stereocenters.